The number of halogens is 2. The fourth-order valence-corrected chi connectivity index (χ4v) is 3.35. The van der Waals surface area contributed by atoms with Gasteiger partial charge < -0.3 is 9.80 Å². The quantitative estimate of drug-likeness (QED) is 0.796. The van der Waals surface area contributed by atoms with Crippen LogP contribution in [0, 0.1) is 19.2 Å². The first-order valence-electron chi connectivity index (χ1n) is 7.10. The summed E-state index contributed by atoms with van der Waals surface area (Å²) < 4.78 is 13.2. The lowest BCUT2D eigenvalue weighted by molar-refractivity contribution is 0.0746. The fourth-order valence-electron chi connectivity index (χ4n) is 3.16. The predicted molar refractivity (Wildman–Crippen MR) is 81.8 cm³/mol. The summed E-state index contributed by atoms with van der Waals surface area (Å²) in [7, 11) is 0. The number of hydrogen-bond donors (Lipinski definition) is 0. The molecule has 2 aliphatic heterocycles. The molecule has 114 valence electrons. The smallest absolute Gasteiger partial charge is 0.253 e. The highest BCUT2D eigenvalue weighted by atomic mass is 35.5. The van der Waals surface area contributed by atoms with Gasteiger partial charge >= 0.3 is 0 Å². The first kappa shape index (κ1) is 16.2. The minimum Gasteiger partial charge on any atom is -0.337 e. The molecule has 1 aromatic rings. The molecule has 0 aromatic heterocycles. The van der Waals surface area contributed by atoms with Crippen LogP contribution in [0.15, 0.2) is 18.2 Å². The van der Waals surface area contributed by atoms with Crippen molar-refractivity contribution < 1.29 is 9.18 Å². The van der Waals surface area contributed by atoms with Gasteiger partial charge in [0.2, 0.25) is 0 Å². The maximum Gasteiger partial charge on any atom is 0.253 e. The highest BCUT2D eigenvalue weighted by Crippen LogP contribution is 2.23. The number of carbonyl (C=O) groups excluding carboxylic acids is 1. The molecule has 3 nitrogen and oxygen atoms in total. The van der Waals surface area contributed by atoms with Gasteiger partial charge in [-0.05, 0) is 43.5 Å². The van der Waals surface area contributed by atoms with Crippen LogP contribution >= 0.6 is 11.6 Å². The fraction of sp³-hybridized carbons (Fsp3) is 0.500. The molecule has 3 rings (SSSR count). The Morgan fingerprint density at radius 3 is 2.81 bits per heavy atom. The third-order valence-electron chi connectivity index (χ3n) is 4.22. The molecule has 0 aliphatic carbocycles. The zero-order chi connectivity index (χ0) is 14.1. The molecule has 2 atom stereocenters. The van der Waals surface area contributed by atoms with E-state index in [-0.39, 0.29) is 18.4 Å². The second-order valence-electron chi connectivity index (χ2n) is 5.69. The van der Waals surface area contributed by atoms with Crippen molar-refractivity contribution in [1.82, 2.24) is 9.80 Å². The van der Waals surface area contributed by atoms with Gasteiger partial charge in [-0.1, -0.05) is 19.0 Å². The highest BCUT2D eigenvalue weighted by Gasteiger charge is 2.28. The number of fused-ring (bicyclic) bond motifs is 2. The van der Waals surface area contributed by atoms with Crippen molar-refractivity contribution in [1.29, 1.82) is 0 Å². The minimum absolute atomic E-state index is 0. The standard InChI is InChI=1S/C15H18ClFN2O.CH2/c16-13-8-12(3-4-14(13)17)15(20)19-7-6-18-5-1-2-11(9-18)10-19;/h3-4,8,11H,1-2,5-7,9-10H2;1H2. The van der Waals surface area contributed by atoms with Crippen LogP contribution in [0.5, 0.6) is 0 Å². The molecule has 2 bridgehead atoms. The Hall–Kier alpha value is -1.13. The molecule has 2 fully saturated rings. The molecule has 2 radical (unpaired) electrons. The van der Waals surface area contributed by atoms with Crippen LogP contribution in [0.3, 0.4) is 0 Å². The van der Waals surface area contributed by atoms with Crippen molar-refractivity contribution in [3.63, 3.8) is 0 Å². The Morgan fingerprint density at radius 2 is 2.05 bits per heavy atom. The van der Waals surface area contributed by atoms with Crippen molar-refractivity contribution in [3.05, 3.63) is 42.0 Å². The van der Waals surface area contributed by atoms with E-state index in [4.69, 9.17) is 11.6 Å². The number of benzene rings is 1. The van der Waals surface area contributed by atoms with Gasteiger partial charge in [0.05, 0.1) is 5.02 Å². The van der Waals surface area contributed by atoms with E-state index in [1.807, 2.05) is 4.90 Å². The van der Waals surface area contributed by atoms with Crippen LogP contribution in [0.25, 0.3) is 0 Å². The summed E-state index contributed by atoms with van der Waals surface area (Å²) in [5, 5.41) is 0.00756. The van der Waals surface area contributed by atoms with Crippen molar-refractivity contribution in [2.75, 3.05) is 32.7 Å². The third-order valence-corrected chi connectivity index (χ3v) is 4.51. The Morgan fingerprint density at radius 1 is 1.24 bits per heavy atom. The predicted octanol–water partition coefficient (Wildman–Crippen LogP) is 2.97. The van der Waals surface area contributed by atoms with E-state index < -0.39 is 5.82 Å². The average Bonchev–Trinajstić information content (AvgIpc) is 2.59. The Balaban J connectivity index is 0.00000161. The maximum atomic E-state index is 13.2. The molecule has 0 spiro atoms. The van der Waals surface area contributed by atoms with E-state index in [0.717, 1.165) is 32.7 Å². The lowest BCUT2D eigenvalue weighted by Gasteiger charge is -2.29. The van der Waals surface area contributed by atoms with Gasteiger partial charge in [-0.25, -0.2) is 4.39 Å². The van der Waals surface area contributed by atoms with Crippen molar-refractivity contribution in [2.45, 2.75) is 12.8 Å². The molecule has 0 saturated carbocycles. The second-order valence-corrected chi connectivity index (χ2v) is 6.10. The van der Waals surface area contributed by atoms with E-state index >= 15 is 0 Å². The molecule has 5 heteroatoms. The molecule has 21 heavy (non-hydrogen) atoms. The van der Waals surface area contributed by atoms with E-state index in [0.29, 0.717) is 11.5 Å². The highest BCUT2D eigenvalue weighted by molar-refractivity contribution is 6.31. The van der Waals surface area contributed by atoms with Crippen molar-refractivity contribution in [3.8, 4) is 0 Å². The topological polar surface area (TPSA) is 23.6 Å². The lowest BCUT2D eigenvalue weighted by Crippen LogP contribution is -2.36. The lowest BCUT2D eigenvalue weighted by atomic mass is 9.98. The Labute approximate surface area is 130 Å². The summed E-state index contributed by atoms with van der Waals surface area (Å²) in [6, 6.07) is 4.20. The van der Waals surface area contributed by atoms with E-state index in [1.165, 1.54) is 31.0 Å². The average molecular weight is 311 g/mol. The van der Waals surface area contributed by atoms with Gasteiger partial charge in [0, 0.05) is 31.7 Å². The number of nitrogens with zero attached hydrogens (tertiary/aromatic N) is 2. The molecular formula is C16H20ClFN2O. The van der Waals surface area contributed by atoms with E-state index in [1.54, 1.807) is 0 Å². The molecule has 2 heterocycles. The number of hydrogen-bond acceptors (Lipinski definition) is 2. The molecule has 2 saturated heterocycles. The molecule has 1 aromatic carbocycles. The van der Waals surface area contributed by atoms with Gasteiger partial charge in [0.1, 0.15) is 5.82 Å². The first-order chi connectivity index (χ1) is 9.63. The number of amides is 1. The van der Waals surface area contributed by atoms with Gasteiger partial charge in [-0.2, -0.15) is 0 Å². The maximum absolute atomic E-state index is 13.2. The normalized spacial score (nSPS) is 25.0. The summed E-state index contributed by atoms with van der Waals surface area (Å²) in [5.74, 6) is 0.0350. The zero-order valence-corrected chi connectivity index (χ0v) is 12.8. The summed E-state index contributed by atoms with van der Waals surface area (Å²) in [6.07, 6.45) is 2.40. The van der Waals surface area contributed by atoms with Crippen LogP contribution in [-0.2, 0) is 0 Å². The minimum atomic E-state index is -0.485. The summed E-state index contributed by atoms with van der Waals surface area (Å²) in [4.78, 5) is 16.8. The molecule has 1 amide bonds. The van der Waals surface area contributed by atoms with Gasteiger partial charge in [-0.3, -0.25) is 4.79 Å². The molecule has 0 N–H and O–H groups in total. The van der Waals surface area contributed by atoms with Gasteiger partial charge in [-0.15, -0.1) is 0 Å². The summed E-state index contributed by atoms with van der Waals surface area (Å²) >= 11 is 5.76. The first-order valence-corrected chi connectivity index (χ1v) is 7.48. The largest absolute Gasteiger partial charge is 0.337 e. The van der Waals surface area contributed by atoms with Crippen LogP contribution in [0.1, 0.15) is 23.2 Å². The number of carbonyl (C=O) groups is 1. The second kappa shape index (κ2) is 6.75. The van der Waals surface area contributed by atoms with E-state index in [9.17, 15) is 9.18 Å². The van der Waals surface area contributed by atoms with Gasteiger partial charge in [0.15, 0.2) is 0 Å². The monoisotopic (exact) mass is 310 g/mol. The number of rotatable bonds is 1. The van der Waals surface area contributed by atoms with E-state index in [2.05, 4.69) is 4.90 Å². The summed E-state index contributed by atoms with van der Waals surface area (Å²) in [5.41, 5.74) is 0.475. The van der Waals surface area contributed by atoms with Crippen LogP contribution in [0.2, 0.25) is 5.02 Å². The van der Waals surface area contributed by atoms with Crippen LogP contribution < -0.4 is 0 Å². The Bertz CT molecular complexity index is 523. The third kappa shape index (κ3) is 3.55. The van der Waals surface area contributed by atoms with Gasteiger partial charge in [0.25, 0.3) is 5.91 Å². The van der Waals surface area contributed by atoms with Crippen molar-refractivity contribution >= 4 is 17.5 Å². The van der Waals surface area contributed by atoms with Crippen LogP contribution in [0.4, 0.5) is 4.39 Å². The summed E-state index contributed by atoms with van der Waals surface area (Å²) in [6.45, 7) is 4.70. The van der Waals surface area contributed by atoms with Crippen LogP contribution in [-0.4, -0.2) is 48.4 Å². The SMILES string of the molecule is O=C(c1ccc(F)c(Cl)c1)N1CCN2CCCC(C2)C1.[CH2]. The number of piperidine rings is 1. The molecular weight excluding hydrogens is 291 g/mol. The molecule has 2 aliphatic rings. The Kier molecular flexibility index (Phi) is 5.22. The van der Waals surface area contributed by atoms with Crippen molar-refractivity contribution in [2.24, 2.45) is 5.92 Å². The zero-order valence-electron chi connectivity index (χ0n) is 12.0. The molecule has 2 unspecified atom stereocenters.